The molecule has 2 heterocycles. The molecule has 1 aliphatic rings. The fourth-order valence-electron chi connectivity index (χ4n) is 4.31. The van der Waals surface area contributed by atoms with Crippen molar-refractivity contribution in [1.29, 1.82) is 0 Å². The van der Waals surface area contributed by atoms with E-state index in [1.165, 1.54) is 0 Å². The van der Waals surface area contributed by atoms with Crippen LogP contribution in [-0.2, 0) is 25.8 Å². The first-order chi connectivity index (χ1) is 17.2. The average Bonchev–Trinajstić information content (AvgIpc) is 3.31. The summed E-state index contributed by atoms with van der Waals surface area (Å²) in [6, 6.07) is 10.9. The largest absolute Gasteiger partial charge is 0.379 e. The number of ether oxygens (including phenoxy) is 1. The molecule has 0 unspecified atom stereocenters. The van der Waals surface area contributed by atoms with Gasteiger partial charge >= 0.3 is 0 Å². The number of sulfone groups is 1. The molecular weight excluding hydrogens is 494 g/mol. The molecule has 0 bridgehead atoms. The van der Waals surface area contributed by atoms with Crippen molar-refractivity contribution < 1.29 is 17.9 Å². The third-order valence-corrected chi connectivity index (χ3v) is 10.0. The third kappa shape index (κ3) is 5.96. The third-order valence-electron chi connectivity index (χ3n) is 6.65. The predicted octanol–water partition coefficient (Wildman–Crippen LogP) is 4.39. The Kier molecular flexibility index (Phi) is 8.44. The summed E-state index contributed by atoms with van der Waals surface area (Å²) in [6.45, 7) is 12.3. The van der Waals surface area contributed by atoms with E-state index in [0.29, 0.717) is 11.7 Å². The Morgan fingerprint density at radius 3 is 2.39 bits per heavy atom. The van der Waals surface area contributed by atoms with Crippen LogP contribution in [0.5, 0.6) is 0 Å². The van der Waals surface area contributed by atoms with Gasteiger partial charge in [0.15, 0.2) is 15.0 Å². The summed E-state index contributed by atoms with van der Waals surface area (Å²) < 4.78 is 31.5. The van der Waals surface area contributed by atoms with Crippen LogP contribution in [0.4, 0.5) is 5.13 Å². The molecular formula is C27H35N3O4S2. The van der Waals surface area contributed by atoms with Gasteiger partial charge in [-0.1, -0.05) is 35.6 Å². The Hall–Kier alpha value is -2.33. The van der Waals surface area contributed by atoms with Gasteiger partial charge in [0.25, 0.3) is 0 Å². The molecule has 0 saturated carbocycles. The Morgan fingerprint density at radius 2 is 1.75 bits per heavy atom. The first kappa shape index (κ1) is 26.7. The van der Waals surface area contributed by atoms with Gasteiger partial charge in [-0.3, -0.25) is 14.6 Å². The maximum absolute atomic E-state index is 13.6. The fraction of sp³-hybridized carbons (Fsp3) is 0.481. The molecule has 0 atom stereocenters. The number of carbonyl (C=O) groups is 1. The van der Waals surface area contributed by atoms with Gasteiger partial charge in [0.1, 0.15) is 0 Å². The molecule has 1 amide bonds. The van der Waals surface area contributed by atoms with Crippen molar-refractivity contribution in [2.75, 3.05) is 44.3 Å². The van der Waals surface area contributed by atoms with Crippen LogP contribution in [0.3, 0.4) is 0 Å². The number of anilines is 1. The maximum Gasteiger partial charge on any atom is 0.233 e. The molecule has 2 aromatic carbocycles. The molecule has 1 saturated heterocycles. The first-order valence-corrected chi connectivity index (χ1v) is 14.8. The van der Waals surface area contributed by atoms with E-state index < -0.39 is 15.1 Å². The summed E-state index contributed by atoms with van der Waals surface area (Å²) in [5.74, 6) is -0.0363. The normalized spacial score (nSPS) is 15.0. The summed E-state index contributed by atoms with van der Waals surface area (Å²) in [5, 5.41) is 0.228. The van der Waals surface area contributed by atoms with Gasteiger partial charge in [-0.2, -0.15) is 0 Å². The average molecular weight is 530 g/mol. The molecule has 36 heavy (non-hydrogen) atoms. The van der Waals surface area contributed by atoms with Crippen LogP contribution in [0, 0.1) is 13.8 Å². The van der Waals surface area contributed by atoms with Crippen molar-refractivity contribution in [3.63, 3.8) is 0 Å². The summed E-state index contributed by atoms with van der Waals surface area (Å²) in [6.07, 6.45) is 1.03. The van der Waals surface area contributed by atoms with Gasteiger partial charge in [0.2, 0.25) is 5.91 Å². The number of thiazole rings is 1. The Bertz CT molecular complexity index is 1270. The summed E-state index contributed by atoms with van der Waals surface area (Å²) in [4.78, 5) is 22.9. The number of morpholine rings is 1. The van der Waals surface area contributed by atoms with Crippen LogP contribution in [-0.4, -0.2) is 68.9 Å². The number of aromatic nitrogens is 1. The van der Waals surface area contributed by atoms with Crippen LogP contribution >= 0.6 is 11.3 Å². The monoisotopic (exact) mass is 529 g/mol. The zero-order valence-electron chi connectivity index (χ0n) is 21.5. The fourth-order valence-corrected chi connectivity index (χ4v) is 6.52. The molecule has 194 valence electrons. The highest BCUT2D eigenvalue weighted by Gasteiger charge is 2.23. The molecule has 0 radical (unpaired) electrons. The molecule has 3 aromatic rings. The number of nitrogens with zero attached hydrogens (tertiary/aromatic N) is 3. The zero-order chi connectivity index (χ0) is 25.9. The molecule has 1 fully saturated rings. The number of benzene rings is 2. The number of rotatable bonds is 9. The summed E-state index contributed by atoms with van der Waals surface area (Å²) in [5.41, 5.74) is 3.99. The van der Waals surface area contributed by atoms with Gasteiger partial charge in [-0.25, -0.2) is 13.4 Å². The van der Waals surface area contributed by atoms with E-state index >= 15 is 0 Å². The van der Waals surface area contributed by atoms with E-state index in [-0.39, 0.29) is 17.2 Å². The second-order valence-electron chi connectivity index (χ2n) is 9.64. The van der Waals surface area contributed by atoms with Crippen molar-refractivity contribution in [2.45, 2.75) is 50.7 Å². The molecule has 0 N–H and O–H groups in total. The SMILES string of the molecule is Cc1ccc(C)c2sc(N(CCCN3CCOCC3)C(=O)Cc3ccc(S(=O)(=O)C(C)C)cc3)nc12. The van der Waals surface area contributed by atoms with Gasteiger partial charge in [0.05, 0.1) is 40.0 Å². The summed E-state index contributed by atoms with van der Waals surface area (Å²) >= 11 is 1.56. The minimum Gasteiger partial charge on any atom is -0.379 e. The lowest BCUT2D eigenvalue weighted by Gasteiger charge is -2.27. The van der Waals surface area contributed by atoms with Crippen LogP contribution < -0.4 is 4.90 Å². The minimum absolute atomic E-state index is 0.0363. The molecule has 9 heteroatoms. The van der Waals surface area contributed by atoms with E-state index in [1.807, 2.05) is 11.8 Å². The number of aryl methyl sites for hydroxylation is 2. The topological polar surface area (TPSA) is 79.8 Å². The quantitative estimate of drug-likeness (QED) is 0.409. The first-order valence-electron chi connectivity index (χ1n) is 12.5. The van der Waals surface area contributed by atoms with Crippen molar-refractivity contribution in [2.24, 2.45) is 0 Å². The lowest BCUT2D eigenvalue weighted by Crippen LogP contribution is -2.39. The van der Waals surface area contributed by atoms with Gasteiger partial charge in [0, 0.05) is 26.2 Å². The Morgan fingerprint density at radius 1 is 1.08 bits per heavy atom. The van der Waals surface area contributed by atoms with E-state index in [1.54, 1.807) is 49.4 Å². The van der Waals surface area contributed by atoms with Crippen LogP contribution in [0.2, 0.25) is 0 Å². The van der Waals surface area contributed by atoms with Crippen molar-refractivity contribution in [3.05, 3.63) is 53.1 Å². The van der Waals surface area contributed by atoms with E-state index in [9.17, 15) is 13.2 Å². The summed E-state index contributed by atoms with van der Waals surface area (Å²) in [7, 11) is -3.34. The second kappa shape index (κ2) is 11.4. The number of hydrogen-bond donors (Lipinski definition) is 0. The van der Waals surface area contributed by atoms with Gasteiger partial charge in [-0.15, -0.1) is 0 Å². The molecule has 4 rings (SSSR count). The Labute approximate surface area is 218 Å². The highest BCUT2D eigenvalue weighted by molar-refractivity contribution is 7.92. The number of hydrogen-bond acceptors (Lipinski definition) is 7. The lowest BCUT2D eigenvalue weighted by molar-refractivity contribution is -0.118. The second-order valence-corrected chi connectivity index (χ2v) is 13.1. The number of carbonyl (C=O) groups excluding carboxylic acids is 1. The lowest BCUT2D eigenvalue weighted by atomic mass is 10.1. The van der Waals surface area contributed by atoms with Gasteiger partial charge < -0.3 is 4.74 Å². The van der Waals surface area contributed by atoms with Crippen molar-refractivity contribution in [1.82, 2.24) is 9.88 Å². The molecule has 1 aromatic heterocycles. The van der Waals surface area contributed by atoms with Crippen LogP contribution in [0.25, 0.3) is 10.2 Å². The number of amides is 1. The van der Waals surface area contributed by atoms with E-state index in [2.05, 4.69) is 24.0 Å². The Balaban J connectivity index is 1.55. The highest BCUT2D eigenvalue weighted by Crippen LogP contribution is 2.33. The molecule has 1 aliphatic heterocycles. The van der Waals surface area contributed by atoms with Crippen LogP contribution in [0.15, 0.2) is 41.3 Å². The standard InChI is InChI=1S/C27H35N3O4S2/c1-19(2)36(32,33)23-10-8-22(9-11-23)18-24(31)30(13-5-12-29-14-16-34-17-15-29)27-28-25-20(3)6-7-21(4)26(25)35-27/h6-11,19H,5,12-18H2,1-4H3. The van der Waals surface area contributed by atoms with E-state index in [0.717, 1.165) is 66.2 Å². The van der Waals surface area contributed by atoms with Crippen molar-refractivity contribution >= 4 is 42.4 Å². The minimum atomic E-state index is -3.34. The maximum atomic E-state index is 13.6. The smallest absolute Gasteiger partial charge is 0.233 e. The molecule has 0 aliphatic carbocycles. The van der Waals surface area contributed by atoms with E-state index in [4.69, 9.17) is 9.72 Å². The highest BCUT2D eigenvalue weighted by atomic mass is 32.2. The van der Waals surface area contributed by atoms with Gasteiger partial charge in [-0.05, 0) is 62.9 Å². The van der Waals surface area contributed by atoms with Crippen LogP contribution in [0.1, 0.15) is 37.0 Å². The zero-order valence-corrected chi connectivity index (χ0v) is 23.1. The predicted molar refractivity (Wildman–Crippen MR) is 146 cm³/mol. The number of fused-ring (bicyclic) bond motifs is 1. The molecule has 0 spiro atoms. The van der Waals surface area contributed by atoms with Crippen molar-refractivity contribution in [3.8, 4) is 0 Å². The molecule has 7 nitrogen and oxygen atoms in total.